The van der Waals surface area contributed by atoms with Crippen LogP contribution < -0.4 is 5.32 Å². The topological polar surface area (TPSA) is 37.8 Å². The van der Waals surface area contributed by atoms with Gasteiger partial charge in [-0.15, -0.1) is 21.5 Å². The predicted octanol–water partition coefficient (Wildman–Crippen LogP) is 2.74. The first-order chi connectivity index (χ1) is 8.33. The summed E-state index contributed by atoms with van der Waals surface area (Å²) in [6.07, 6.45) is 7.82. The van der Waals surface area contributed by atoms with Gasteiger partial charge in [0, 0.05) is 24.9 Å². The van der Waals surface area contributed by atoms with E-state index in [9.17, 15) is 0 Å². The molecule has 2 aliphatic carbocycles. The van der Waals surface area contributed by atoms with Crippen molar-refractivity contribution in [2.24, 2.45) is 5.92 Å². The van der Waals surface area contributed by atoms with Crippen molar-refractivity contribution in [3.63, 3.8) is 0 Å². The first-order valence-corrected chi connectivity index (χ1v) is 7.70. The van der Waals surface area contributed by atoms with Crippen LogP contribution in [0.4, 0.5) is 0 Å². The number of hydrogen-bond acceptors (Lipinski definition) is 4. The molecule has 17 heavy (non-hydrogen) atoms. The third-order valence-electron chi connectivity index (χ3n) is 4.01. The molecule has 2 unspecified atom stereocenters. The summed E-state index contributed by atoms with van der Waals surface area (Å²) in [5.41, 5.74) is 0. The van der Waals surface area contributed by atoms with Crippen molar-refractivity contribution in [3.05, 3.63) is 10.0 Å². The van der Waals surface area contributed by atoms with Crippen LogP contribution in [0.15, 0.2) is 0 Å². The van der Waals surface area contributed by atoms with Crippen molar-refractivity contribution in [2.45, 2.75) is 57.4 Å². The molecule has 0 amide bonds. The van der Waals surface area contributed by atoms with Crippen molar-refractivity contribution in [3.8, 4) is 0 Å². The van der Waals surface area contributed by atoms with Crippen LogP contribution in [0.3, 0.4) is 0 Å². The van der Waals surface area contributed by atoms with Gasteiger partial charge in [-0.05, 0) is 25.2 Å². The first kappa shape index (κ1) is 11.6. The summed E-state index contributed by atoms with van der Waals surface area (Å²) in [7, 11) is 0. The molecule has 3 rings (SSSR count). The highest BCUT2D eigenvalue weighted by Gasteiger charge is 2.28. The Kier molecular flexibility index (Phi) is 3.43. The minimum absolute atomic E-state index is 0.692. The Hall–Kier alpha value is -0.480. The van der Waals surface area contributed by atoms with Crippen LogP contribution in [0.1, 0.15) is 55.0 Å². The highest BCUT2D eigenvalue weighted by atomic mass is 32.1. The second-order valence-corrected chi connectivity index (χ2v) is 6.62. The van der Waals surface area contributed by atoms with E-state index in [1.807, 2.05) is 11.3 Å². The quantitative estimate of drug-likeness (QED) is 0.874. The monoisotopic (exact) mass is 251 g/mol. The van der Waals surface area contributed by atoms with Gasteiger partial charge in [-0.25, -0.2) is 0 Å². The lowest BCUT2D eigenvalue weighted by atomic mass is 9.99. The fraction of sp³-hybridized carbons (Fsp3) is 0.846. The molecule has 2 fully saturated rings. The number of nitrogens with one attached hydrogen (secondary N) is 1. The molecule has 0 saturated heterocycles. The molecule has 1 aromatic heterocycles. The molecule has 0 aliphatic heterocycles. The van der Waals surface area contributed by atoms with E-state index in [1.54, 1.807) is 0 Å². The lowest BCUT2D eigenvalue weighted by Crippen LogP contribution is -2.19. The molecule has 0 bridgehead atoms. The summed E-state index contributed by atoms with van der Waals surface area (Å²) >= 11 is 1.84. The van der Waals surface area contributed by atoms with Crippen LogP contribution in [0.25, 0.3) is 0 Å². The summed E-state index contributed by atoms with van der Waals surface area (Å²) in [6, 6.07) is 0.803. The van der Waals surface area contributed by atoms with E-state index >= 15 is 0 Å². The van der Waals surface area contributed by atoms with Crippen molar-refractivity contribution < 1.29 is 0 Å². The second kappa shape index (κ2) is 5.02. The van der Waals surface area contributed by atoms with Crippen molar-refractivity contribution in [1.29, 1.82) is 0 Å². The Morgan fingerprint density at radius 3 is 2.82 bits per heavy atom. The van der Waals surface area contributed by atoms with E-state index in [0.717, 1.165) is 24.9 Å². The van der Waals surface area contributed by atoms with E-state index in [0.29, 0.717) is 5.92 Å². The Morgan fingerprint density at radius 2 is 2.12 bits per heavy atom. The van der Waals surface area contributed by atoms with Gasteiger partial charge in [0.15, 0.2) is 0 Å². The van der Waals surface area contributed by atoms with Crippen LogP contribution in [-0.2, 0) is 6.42 Å². The van der Waals surface area contributed by atoms with Crippen LogP contribution in [0.5, 0.6) is 0 Å². The molecule has 1 heterocycles. The molecule has 2 atom stereocenters. The first-order valence-electron chi connectivity index (χ1n) is 6.88. The molecule has 4 heteroatoms. The summed E-state index contributed by atoms with van der Waals surface area (Å²) < 4.78 is 0. The molecule has 0 radical (unpaired) electrons. The fourth-order valence-electron chi connectivity index (χ4n) is 2.70. The van der Waals surface area contributed by atoms with Gasteiger partial charge in [0.1, 0.15) is 10.0 Å². The molecule has 3 nitrogen and oxygen atoms in total. The Bertz CT molecular complexity index is 372. The van der Waals surface area contributed by atoms with Gasteiger partial charge in [0.25, 0.3) is 0 Å². The maximum absolute atomic E-state index is 4.40. The van der Waals surface area contributed by atoms with E-state index < -0.39 is 0 Å². The Labute approximate surface area is 107 Å². The zero-order valence-corrected chi connectivity index (χ0v) is 11.3. The third kappa shape index (κ3) is 2.86. The SMILES string of the molecule is CC1CCCC1c1nnc(CCNC2CC2)s1. The summed E-state index contributed by atoms with van der Waals surface area (Å²) in [5, 5.41) is 14.8. The molecular weight excluding hydrogens is 230 g/mol. The third-order valence-corrected chi connectivity index (χ3v) is 5.13. The largest absolute Gasteiger partial charge is 0.314 e. The molecule has 0 aromatic carbocycles. The summed E-state index contributed by atoms with van der Waals surface area (Å²) in [4.78, 5) is 0. The zero-order valence-electron chi connectivity index (χ0n) is 10.5. The maximum Gasteiger partial charge on any atom is 0.120 e. The second-order valence-electron chi connectivity index (χ2n) is 5.53. The molecule has 0 spiro atoms. The molecular formula is C13H21N3S. The average Bonchev–Trinajstić information content (AvgIpc) is 2.85. The van der Waals surface area contributed by atoms with Crippen molar-refractivity contribution >= 4 is 11.3 Å². The van der Waals surface area contributed by atoms with E-state index in [1.165, 1.54) is 42.1 Å². The van der Waals surface area contributed by atoms with Gasteiger partial charge in [-0.1, -0.05) is 19.8 Å². The van der Waals surface area contributed by atoms with Crippen molar-refractivity contribution in [1.82, 2.24) is 15.5 Å². The average molecular weight is 251 g/mol. The van der Waals surface area contributed by atoms with Gasteiger partial charge in [-0.3, -0.25) is 0 Å². The number of aromatic nitrogens is 2. The Balaban J connectivity index is 1.53. The minimum atomic E-state index is 0.692. The highest BCUT2D eigenvalue weighted by molar-refractivity contribution is 7.11. The lowest BCUT2D eigenvalue weighted by Gasteiger charge is -2.10. The van der Waals surface area contributed by atoms with Gasteiger partial charge in [-0.2, -0.15) is 0 Å². The minimum Gasteiger partial charge on any atom is -0.314 e. The fourth-order valence-corrected chi connectivity index (χ4v) is 3.81. The number of rotatable bonds is 5. The molecule has 94 valence electrons. The van der Waals surface area contributed by atoms with Gasteiger partial charge < -0.3 is 5.32 Å². The summed E-state index contributed by atoms with van der Waals surface area (Å²) in [5.74, 6) is 1.50. The maximum atomic E-state index is 4.40. The number of nitrogens with zero attached hydrogens (tertiary/aromatic N) is 2. The highest BCUT2D eigenvalue weighted by Crippen LogP contribution is 2.40. The predicted molar refractivity (Wildman–Crippen MR) is 70.4 cm³/mol. The van der Waals surface area contributed by atoms with Crippen LogP contribution in [-0.4, -0.2) is 22.8 Å². The summed E-state index contributed by atoms with van der Waals surface area (Å²) in [6.45, 7) is 3.42. The lowest BCUT2D eigenvalue weighted by molar-refractivity contribution is 0.527. The number of hydrogen-bond donors (Lipinski definition) is 1. The van der Waals surface area contributed by atoms with E-state index in [-0.39, 0.29) is 0 Å². The normalized spacial score (nSPS) is 28.8. The standard InChI is InChI=1S/C13H21N3S/c1-9-3-2-4-11(9)13-16-15-12(17-13)7-8-14-10-5-6-10/h9-11,14H,2-8H2,1H3. The Morgan fingerprint density at radius 1 is 1.24 bits per heavy atom. The van der Waals surface area contributed by atoms with Gasteiger partial charge >= 0.3 is 0 Å². The van der Waals surface area contributed by atoms with Crippen molar-refractivity contribution in [2.75, 3.05) is 6.54 Å². The smallest absolute Gasteiger partial charge is 0.120 e. The zero-order chi connectivity index (χ0) is 11.7. The van der Waals surface area contributed by atoms with Crippen LogP contribution in [0, 0.1) is 5.92 Å². The molecule has 1 N–H and O–H groups in total. The molecule has 1 aromatic rings. The van der Waals surface area contributed by atoms with Crippen LogP contribution in [0.2, 0.25) is 0 Å². The van der Waals surface area contributed by atoms with E-state index in [4.69, 9.17) is 0 Å². The van der Waals surface area contributed by atoms with Gasteiger partial charge in [0.2, 0.25) is 0 Å². The van der Waals surface area contributed by atoms with Crippen LogP contribution >= 0.6 is 11.3 Å². The molecule has 2 aliphatic rings. The molecule has 2 saturated carbocycles. The van der Waals surface area contributed by atoms with E-state index in [2.05, 4.69) is 22.4 Å². The van der Waals surface area contributed by atoms with Gasteiger partial charge in [0.05, 0.1) is 0 Å².